The summed E-state index contributed by atoms with van der Waals surface area (Å²) in [5.41, 5.74) is 2.08. The summed E-state index contributed by atoms with van der Waals surface area (Å²) in [7, 11) is 0. The first-order valence-electron chi connectivity index (χ1n) is 6.16. The lowest BCUT2D eigenvalue weighted by molar-refractivity contribution is 0.237. The van der Waals surface area contributed by atoms with E-state index in [-0.39, 0.29) is 11.6 Å². The molecule has 1 N–H and O–H groups in total. The van der Waals surface area contributed by atoms with Crippen molar-refractivity contribution in [2.45, 2.75) is 59.7 Å². The number of nitrogens with one attached hydrogen (secondary N) is 1. The van der Waals surface area contributed by atoms with Gasteiger partial charge in [0.05, 0.1) is 11.8 Å². The van der Waals surface area contributed by atoms with E-state index in [1.807, 2.05) is 32.9 Å². The number of rotatable bonds is 4. The summed E-state index contributed by atoms with van der Waals surface area (Å²) >= 11 is 0. The van der Waals surface area contributed by atoms with Crippen LogP contribution in [0.15, 0.2) is 12.1 Å². The monoisotopic (exact) mass is 236 g/mol. The fraction of sp³-hybridized carbons (Fsp3) is 0.643. The van der Waals surface area contributed by atoms with Crippen molar-refractivity contribution in [1.29, 1.82) is 0 Å². The van der Waals surface area contributed by atoms with E-state index < -0.39 is 0 Å². The zero-order valence-electron chi connectivity index (χ0n) is 11.8. The summed E-state index contributed by atoms with van der Waals surface area (Å²) in [5.74, 6) is 0.877. The van der Waals surface area contributed by atoms with Gasteiger partial charge in [-0.05, 0) is 53.7 Å². The molecule has 1 rings (SSSR count). The lowest BCUT2D eigenvalue weighted by Gasteiger charge is -2.22. The van der Waals surface area contributed by atoms with Crippen molar-refractivity contribution in [2.75, 3.05) is 0 Å². The first-order valence-corrected chi connectivity index (χ1v) is 6.16. The van der Waals surface area contributed by atoms with Gasteiger partial charge in [-0.15, -0.1) is 0 Å². The number of pyridine rings is 1. The molecule has 0 bridgehead atoms. The van der Waals surface area contributed by atoms with E-state index in [4.69, 9.17) is 4.74 Å². The Morgan fingerprint density at radius 3 is 2.47 bits per heavy atom. The summed E-state index contributed by atoms with van der Waals surface area (Å²) in [5, 5.41) is 3.44. The first-order chi connectivity index (χ1) is 7.78. The lowest BCUT2D eigenvalue weighted by atomic mass is 10.1. The largest absolute Gasteiger partial charge is 0.489 e. The van der Waals surface area contributed by atoms with E-state index in [2.05, 4.69) is 31.1 Å². The Labute approximate surface area is 105 Å². The van der Waals surface area contributed by atoms with Gasteiger partial charge >= 0.3 is 0 Å². The van der Waals surface area contributed by atoms with Gasteiger partial charge in [-0.1, -0.05) is 0 Å². The molecule has 1 aromatic rings. The third-order valence-corrected chi connectivity index (χ3v) is 2.22. The van der Waals surface area contributed by atoms with Crippen LogP contribution >= 0.6 is 0 Å². The van der Waals surface area contributed by atoms with Gasteiger partial charge in [0.15, 0.2) is 0 Å². The molecule has 1 heterocycles. The Bertz CT molecular complexity index is 367. The van der Waals surface area contributed by atoms with Gasteiger partial charge in [0.2, 0.25) is 0 Å². The molecule has 0 aliphatic heterocycles. The van der Waals surface area contributed by atoms with Crippen molar-refractivity contribution in [1.82, 2.24) is 10.3 Å². The van der Waals surface area contributed by atoms with Crippen molar-refractivity contribution in [3.8, 4) is 5.75 Å². The highest BCUT2D eigenvalue weighted by Gasteiger charge is 2.12. The van der Waals surface area contributed by atoms with Gasteiger partial charge in [-0.2, -0.15) is 0 Å². The molecular weight excluding hydrogens is 212 g/mol. The van der Waals surface area contributed by atoms with Crippen molar-refractivity contribution in [3.63, 3.8) is 0 Å². The highest BCUT2D eigenvalue weighted by atomic mass is 16.5. The maximum Gasteiger partial charge on any atom is 0.142 e. The summed E-state index contributed by atoms with van der Waals surface area (Å²) in [4.78, 5) is 4.54. The Morgan fingerprint density at radius 2 is 1.94 bits per heavy atom. The first kappa shape index (κ1) is 14.0. The van der Waals surface area contributed by atoms with Crippen LogP contribution in [0.1, 0.15) is 46.0 Å². The summed E-state index contributed by atoms with van der Waals surface area (Å²) in [6, 6.07) is 3.99. The quantitative estimate of drug-likeness (QED) is 0.872. The van der Waals surface area contributed by atoms with Crippen LogP contribution in [0.4, 0.5) is 0 Å². The maximum absolute atomic E-state index is 5.76. The average molecular weight is 236 g/mol. The van der Waals surface area contributed by atoms with Gasteiger partial charge in [0.1, 0.15) is 5.75 Å². The van der Waals surface area contributed by atoms with Crippen LogP contribution in [0, 0.1) is 6.92 Å². The third-order valence-electron chi connectivity index (χ3n) is 2.22. The Balaban J connectivity index is 2.83. The van der Waals surface area contributed by atoms with Crippen molar-refractivity contribution in [3.05, 3.63) is 23.5 Å². The zero-order chi connectivity index (χ0) is 13.1. The van der Waals surface area contributed by atoms with Crippen LogP contribution in [0.2, 0.25) is 0 Å². The molecule has 1 aromatic heterocycles. The fourth-order valence-corrected chi connectivity index (χ4v) is 1.43. The molecule has 0 atom stereocenters. The van der Waals surface area contributed by atoms with Gasteiger partial charge in [-0.3, -0.25) is 4.98 Å². The van der Waals surface area contributed by atoms with Gasteiger partial charge < -0.3 is 10.1 Å². The molecule has 3 heteroatoms. The van der Waals surface area contributed by atoms with E-state index in [0.717, 1.165) is 23.7 Å². The Hall–Kier alpha value is -1.09. The summed E-state index contributed by atoms with van der Waals surface area (Å²) in [6.07, 6.45) is 0.174. The van der Waals surface area contributed by atoms with Gasteiger partial charge in [-0.25, -0.2) is 0 Å². The Morgan fingerprint density at radius 1 is 1.29 bits per heavy atom. The van der Waals surface area contributed by atoms with E-state index in [0.29, 0.717) is 0 Å². The smallest absolute Gasteiger partial charge is 0.142 e. The molecule has 96 valence electrons. The molecule has 0 aromatic carbocycles. The number of hydrogen-bond acceptors (Lipinski definition) is 3. The topological polar surface area (TPSA) is 34.1 Å². The van der Waals surface area contributed by atoms with E-state index in [1.54, 1.807) is 0 Å². The number of aromatic nitrogens is 1. The normalized spacial score (nSPS) is 11.9. The van der Waals surface area contributed by atoms with Crippen molar-refractivity contribution in [2.24, 2.45) is 0 Å². The average Bonchev–Trinajstić information content (AvgIpc) is 2.16. The zero-order valence-corrected chi connectivity index (χ0v) is 11.8. The molecule has 0 fully saturated rings. The van der Waals surface area contributed by atoms with E-state index in [9.17, 15) is 0 Å². The second-order valence-electron chi connectivity index (χ2n) is 5.67. The second-order valence-corrected chi connectivity index (χ2v) is 5.67. The summed E-state index contributed by atoms with van der Waals surface area (Å²) in [6.45, 7) is 13.2. The number of aryl methyl sites for hydroxylation is 1. The maximum atomic E-state index is 5.76. The van der Waals surface area contributed by atoms with Crippen LogP contribution in [-0.2, 0) is 6.54 Å². The third kappa shape index (κ3) is 5.18. The number of hydrogen-bond donors (Lipinski definition) is 1. The molecule has 0 unspecified atom stereocenters. The van der Waals surface area contributed by atoms with Gasteiger partial charge in [0.25, 0.3) is 0 Å². The molecule has 0 spiro atoms. The van der Waals surface area contributed by atoms with Crippen LogP contribution in [0.3, 0.4) is 0 Å². The Kier molecular flexibility index (Phi) is 4.52. The van der Waals surface area contributed by atoms with Crippen LogP contribution in [0.5, 0.6) is 5.75 Å². The van der Waals surface area contributed by atoms with Gasteiger partial charge in [0, 0.05) is 17.8 Å². The molecule has 3 nitrogen and oxygen atoms in total. The second kappa shape index (κ2) is 5.50. The highest BCUT2D eigenvalue weighted by molar-refractivity contribution is 5.29. The molecule has 0 radical (unpaired) electrons. The minimum atomic E-state index is 0.0839. The molecule has 17 heavy (non-hydrogen) atoms. The molecule has 0 saturated carbocycles. The SMILES string of the molecule is Cc1ccc(OC(C)C)c(CNC(C)(C)C)n1. The minimum Gasteiger partial charge on any atom is -0.489 e. The predicted molar refractivity (Wildman–Crippen MR) is 71.3 cm³/mol. The number of ether oxygens (including phenoxy) is 1. The summed E-state index contributed by atoms with van der Waals surface area (Å²) < 4.78 is 5.76. The van der Waals surface area contributed by atoms with Crippen LogP contribution in [-0.4, -0.2) is 16.6 Å². The highest BCUT2D eigenvalue weighted by Crippen LogP contribution is 2.19. The molecule has 0 aliphatic rings. The molecule has 0 saturated heterocycles. The molecule has 0 amide bonds. The fourth-order valence-electron chi connectivity index (χ4n) is 1.43. The van der Waals surface area contributed by atoms with E-state index in [1.165, 1.54) is 0 Å². The van der Waals surface area contributed by atoms with E-state index >= 15 is 0 Å². The predicted octanol–water partition coefficient (Wildman–Crippen LogP) is 3.07. The lowest BCUT2D eigenvalue weighted by Crippen LogP contribution is -2.35. The van der Waals surface area contributed by atoms with Crippen LogP contribution in [0.25, 0.3) is 0 Å². The van der Waals surface area contributed by atoms with Crippen molar-refractivity contribution < 1.29 is 4.74 Å². The van der Waals surface area contributed by atoms with Crippen molar-refractivity contribution >= 4 is 0 Å². The van der Waals surface area contributed by atoms with Crippen LogP contribution < -0.4 is 10.1 Å². The minimum absolute atomic E-state index is 0.0839. The molecule has 0 aliphatic carbocycles. The standard InChI is InChI=1S/C14H24N2O/c1-10(2)17-13-8-7-11(3)16-12(13)9-15-14(4,5)6/h7-8,10,15H,9H2,1-6H3. The number of nitrogens with zero attached hydrogens (tertiary/aromatic N) is 1. The molecular formula is C14H24N2O.